The van der Waals surface area contributed by atoms with Gasteiger partial charge in [-0.15, -0.1) is 0 Å². The van der Waals surface area contributed by atoms with Crippen LogP contribution in [0.15, 0.2) is 33.7 Å². The third-order valence-electron chi connectivity index (χ3n) is 2.50. The molecule has 1 aromatic carbocycles. The van der Waals surface area contributed by atoms with Gasteiger partial charge in [0.15, 0.2) is 9.84 Å². The van der Waals surface area contributed by atoms with E-state index in [-0.39, 0.29) is 17.1 Å². The number of halogens is 1. The maximum Gasteiger partial charge on any atom is 0.175 e. The highest BCUT2D eigenvalue weighted by molar-refractivity contribution is 7.90. The molecule has 1 N–H and O–H groups in total. The van der Waals surface area contributed by atoms with Crippen molar-refractivity contribution in [2.24, 2.45) is 0 Å². The van der Waals surface area contributed by atoms with Crippen molar-refractivity contribution >= 4 is 15.5 Å². The number of benzene rings is 1. The molecule has 1 aromatic heterocycles. The molecule has 0 spiro atoms. The maximum atomic E-state index is 13.6. The smallest absolute Gasteiger partial charge is 0.175 e. The molecule has 0 unspecified atom stereocenters. The zero-order valence-corrected chi connectivity index (χ0v) is 11.3. The molecule has 0 saturated carbocycles. The molecule has 19 heavy (non-hydrogen) atoms. The van der Waals surface area contributed by atoms with Crippen molar-refractivity contribution in [2.45, 2.75) is 18.4 Å². The van der Waals surface area contributed by atoms with Crippen LogP contribution in [0.25, 0.3) is 0 Å². The molecular weight excluding hydrogens is 271 g/mol. The Balaban J connectivity index is 2.20. The van der Waals surface area contributed by atoms with E-state index in [0.29, 0.717) is 11.5 Å². The number of nitrogens with zero attached hydrogens (tertiary/aromatic N) is 1. The van der Waals surface area contributed by atoms with Crippen molar-refractivity contribution in [2.75, 3.05) is 11.6 Å². The van der Waals surface area contributed by atoms with E-state index in [1.165, 1.54) is 12.1 Å². The number of hydrogen-bond acceptors (Lipinski definition) is 5. The number of sulfone groups is 1. The minimum atomic E-state index is -3.36. The second kappa shape index (κ2) is 5.00. The Morgan fingerprint density at radius 2 is 2.11 bits per heavy atom. The molecule has 0 aliphatic heterocycles. The summed E-state index contributed by atoms with van der Waals surface area (Å²) in [5.41, 5.74) is 0.727. The number of aromatic nitrogens is 1. The van der Waals surface area contributed by atoms with Crippen LogP contribution >= 0.6 is 0 Å². The van der Waals surface area contributed by atoms with E-state index in [2.05, 4.69) is 10.5 Å². The van der Waals surface area contributed by atoms with Crippen LogP contribution in [0.5, 0.6) is 0 Å². The highest BCUT2D eigenvalue weighted by Crippen LogP contribution is 2.20. The van der Waals surface area contributed by atoms with E-state index in [1.54, 1.807) is 13.0 Å². The molecule has 0 radical (unpaired) electrons. The first-order valence-corrected chi connectivity index (χ1v) is 7.41. The van der Waals surface area contributed by atoms with Crippen LogP contribution in [-0.2, 0) is 16.4 Å². The van der Waals surface area contributed by atoms with Crippen molar-refractivity contribution in [1.82, 2.24) is 5.16 Å². The summed E-state index contributed by atoms with van der Waals surface area (Å²) in [6.07, 6.45) is 1.07. The minimum Gasteiger partial charge on any atom is -0.377 e. The number of hydrogen-bond donors (Lipinski definition) is 1. The fraction of sp³-hybridized carbons (Fsp3) is 0.250. The van der Waals surface area contributed by atoms with Crippen LogP contribution in [0.4, 0.5) is 10.1 Å². The summed E-state index contributed by atoms with van der Waals surface area (Å²) in [6.45, 7) is 2.00. The van der Waals surface area contributed by atoms with E-state index in [9.17, 15) is 12.8 Å². The summed E-state index contributed by atoms with van der Waals surface area (Å²) in [4.78, 5) is 0.0627. The SMILES string of the molecule is Cc1cc(CNc2cc(S(C)(=O)=O)ccc2F)no1. The van der Waals surface area contributed by atoms with Crippen molar-refractivity contribution in [3.63, 3.8) is 0 Å². The molecule has 0 amide bonds. The molecular formula is C12H13FN2O3S. The molecule has 1 heterocycles. The second-order valence-corrected chi connectivity index (χ2v) is 6.21. The van der Waals surface area contributed by atoms with E-state index < -0.39 is 15.7 Å². The van der Waals surface area contributed by atoms with E-state index in [0.717, 1.165) is 12.3 Å². The molecule has 2 aromatic rings. The van der Waals surface area contributed by atoms with Crippen molar-refractivity contribution in [3.05, 3.63) is 41.5 Å². The highest BCUT2D eigenvalue weighted by atomic mass is 32.2. The summed E-state index contributed by atoms with van der Waals surface area (Å²) in [5, 5.41) is 6.55. The Morgan fingerprint density at radius 1 is 1.37 bits per heavy atom. The quantitative estimate of drug-likeness (QED) is 0.871. The molecule has 0 fully saturated rings. The molecule has 0 bridgehead atoms. The zero-order valence-electron chi connectivity index (χ0n) is 10.5. The number of nitrogens with one attached hydrogen (secondary N) is 1. The first-order chi connectivity index (χ1) is 8.86. The van der Waals surface area contributed by atoms with Crippen LogP contribution in [0, 0.1) is 12.7 Å². The summed E-state index contributed by atoms with van der Waals surface area (Å²) >= 11 is 0. The van der Waals surface area contributed by atoms with Crippen LogP contribution < -0.4 is 5.32 Å². The molecule has 0 aliphatic rings. The van der Waals surface area contributed by atoms with E-state index in [4.69, 9.17) is 4.52 Å². The minimum absolute atomic E-state index is 0.0627. The molecule has 0 saturated heterocycles. The summed E-state index contributed by atoms with van der Waals surface area (Å²) in [7, 11) is -3.36. The van der Waals surface area contributed by atoms with Gasteiger partial charge in [-0.25, -0.2) is 12.8 Å². The van der Waals surface area contributed by atoms with Crippen molar-refractivity contribution in [3.8, 4) is 0 Å². The molecule has 0 aliphatic carbocycles. The van der Waals surface area contributed by atoms with Gasteiger partial charge in [-0.05, 0) is 25.1 Å². The lowest BCUT2D eigenvalue weighted by Gasteiger charge is -2.07. The maximum absolute atomic E-state index is 13.6. The average molecular weight is 284 g/mol. The number of aryl methyl sites for hydroxylation is 1. The predicted molar refractivity (Wildman–Crippen MR) is 68.1 cm³/mol. The highest BCUT2D eigenvalue weighted by Gasteiger charge is 2.11. The Bertz CT molecular complexity index is 695. The lowest BCUT2D eigenvalue weighted by molar-refractivity contribution is 0.391. The normalized spacial score (nSPS) is 11.5. The van der Waals surface area contributed by atoms with Gasteiger partial charge in [-0.2, -0.15) is 0 Å². The van der Waals surface area contributed by atoms with Crippen LogP contribution in [-0.4, -0.2) is 19.8 Å². The van der Waals surface area contributed by atoms with Gasteiger partial charge < -0.3 is 9.84 Å². The van der Waals surface area contributed by atoms with Gasteiger partial charge in [0, 0.05) is 12.3 Å². The standard InChI is InChI=1S/C12H13FN2O3S/c1-8-5-9(15-18-8)7-14-12-6-10(19(2,16)17)3-4-11(12)13/h3-6,14H,7H2,1-2H3. The molecule has 2 rings (SSSR count). The lowest BCUT2D eigenvalue weighted by atomic mass is 10.3. The fourth-order valence-corrected chi connectivity index (χ4v) is 2.20. The van der Waals surface area contributed by atoms with Crippen LogP contribution in [0.3, 0.4) is 0 Å². The predicted octanol–water partition coefficient (Wildman–Crippen LogP) is 2.14. The summed E-state index contributed by atoms with van der Waals surface area (Å²) in [6, 6.07) is 5.33. The Hall–Kier alpha value is -1.89. The number of rotatable bonds is 4. The molecule has 102 valence electrons. The van der Waals surface area contributed by atoms with Gasteiger partial charge >= 0.3 is 0 Å². The largest absolute Gasteiger partial charge is 0.377 e. The molecule has 5 nitrogen and oxygen atoms in total. The van der Waals surface area contributed by atoms with Gasteiger partial charge in [0.05, 0.1) is 17.1 Å². The Kier molecular flexibility index (Phi) is 3.57. The Morgan fingerprint density at radius 3 is 2.68 bits per heavy atom. The number of anilines is 1. The monoisotopic (exact) mass is 284 g/mol. The third kappa shape index (κ3) is 3.31. The topological polar surface area (TPSA) is 72.2 Å². The fourth-order valence-electron chi connectivity index (χ4n) is 1.56. The zero-order chi connectivity index (χ0) is 14.0. The van der Waals surface area contributed by atoms with Crippen molar-refractivity contribution < 1.29 is 17.3 Å². The van der Waals surface area contributed by atoms with Gasteiger partial charge in [0.1, 0.15) is 17.3 Å². The van der Waals surface area contributed by atoms with Gasteiger partial charge in [0.2, 0.25) is 0 Å². The molecule has 0 atom stereocenters. The first-order valence-electron chi connectivity index (χ1n) is 5.52. The lowest BCUT2D eigenvalue weighted by Crippen LogP contribution is -2.04. The van der Waals surface area contributed by atoms with Crippen LogP contribution in [0.2, 0.25) is 0 Å². The summed E-state index contributed by atoms with van der Waals surface area (Å²) in [5.74, 6) is 0.134. The van der Waals surface area contributed by atoms with Gasteiger partial charge in [0.25, 0.3) is 0 Å². The first kappa shape index (κ1) is 13.5. The van der Waals surface area contributed by atoms with Gasteiger partial charge in [-0.1, -0.05) is 5.16 Å². The van der Waals surface area contributed by atoms with E-state index >= 15 is 0 Å². The van der Waals surface area contributed by atoms with Gasteiger partial charge in [-0.3, -0.25) is 0 Å². The van der Waals surface area contributed by atoms with Crippen LogP contribution in [0.1, 0.15) is 11.5 Å². The summed E-state index contributed by atoms with van der Waals surface area (Å²) < 4.78 is 41.2. The second-order valence-electron chi connectivity index (χ2n) is 4.20. The average Bonchev–Trinajstić information content (AvgIpc) is 2.72. The molecule has 7 heteroatoms. The van der Waals surface area contributed by atoms with E-state index in [1.807, 2.05) is 0 Å². The third-order valence-corrected chi connectivity index (χ3v) is 3.61. The Labute approximate surface area is 110 Å². The van der Waals surface area contributed by atoms with Crippen molar-refractivity contribution in [1.29, 1.82) is 0 Å².